The number of hydrogen-bond donors (Lipinski definition) is 4. The summed E-state index contributed by atoms with van der Waals surface area (Å²) in [4.78, 5) is 20.3. The molecule has 0 aromatic carbocycles. The van der Waals surface area contributed by atoms with Gasteiger partial charge in [0.1, 0.15) is 17.1 Å². The first kappa shape index (κ1) is 23.9. The van der Waals surface area contributed by atoms with E-state index in [0.717, 1.165) is 5.76 Å². The monoisotopic (exact) mass is 501 g/mol. The molecular formula is C19H28IN5O3. The quantitative estimate of drug-likeness (QED) is 0.190. The summed E-state index contributed by atoms with van der Waals surface area (Å²) in [5.41, 5.74) is -0.687. The fourth-order valence-corrected chi connectivity index (χ4v) is 2.33. The number of aliphatic imine (C=N–C) groups is 1. The van der Waals surface area contributed by atoms with E-state index in [1.165, 1.54) is 6.20 Å². The van der Waals surface area contributed by atoms with Crippen LogP contribution in [0.4, 0.5) is 0 Å². The van der Waals surface area contributed by atoms with E-state index in [0.29, 0.717) is 36.9 Å². The van der Waals surface area contributed by atoms with Crippen LogP contribution in [0.2, 0.25) is 0 Å². The average molecular weight is 501 g/mol. The molecule has 1 atom stereocenters. The molecule has 2 aromatic rings. The zero-order valence-corrected chi connectivity index (χ0v) is 18.7. The zero-order chi connectivity index (χ0) is 19.7. The third kappa shape index (κ3) is 7.47. The van der Waals surface area contributed by atoms with Crippen molar-refractivity contribution in [3.05, 3.63) is 53.7 Å². The summed E-state index contributed by atoms with van der Waals surface area (Å²) in [6.07, 6.45) is 3.14. The van der Waals surface area contributed by atoms with E-state index in [-0.39, 0.29) is 36.4 Å². The summed E-state index contributed by atoms with van der Waals surface area (Å²) in [6.45, 7) is 7.16. The molecule has 0 aliphatic carbocycles. The predicted octanol–water partition coefficient (Wildman–Crippen LogP) is 1.79. The standard InChI is InChI=1S/C19H27N5O3.HI/c1-4-21-18(24-13-19(3,26)16-8-7-14(2)27-16)23-11-10-22-17(25)15-6-5-9-20-12-15;/h5-9,12,26H,4,10-11,13H2,1-3H3,(H,22,25)(H2,21,23,24);1H. The second-order valence-corrected chi connectivity index (χ2v) is 6.30. The van der Waals surface area contributed by atoms with E-state index in [1.54, 1.807) is 31.3 Å². The zero-order valence-electron chi connectivity index (χ0n) is 16.4. The molecule has 2 aromatic heterocycles. The molecule has 9 heteroatoms. The lowest BCUT2D eigenvalue weighted by atomic mass is 10.0. The minimum Gasteiger partial charge on any atom is -0.463 e. The Morgan fingerprint density at radius 3 is 2.61 bits per heavy atom. The van der Waals surface area contributed by atoms with E-state index in [1.807, 2.05) is 19.9 Å². The van der Waals surface area contributed by atoms with Gasteiger partial charge in [-0.15, -0.1) is 24.0 Å². The van der Waals surface area contributed by atoms with Gasteiger partial charge in [0.05, 0.1) is 12.1 Å². The Bertz CT molecular complexity index is 762. The van der Waals surface area contributed by atoms with Gasteiger partial charge in [0.25, 0.3) is 5.91 Å². The van der Waals surface area contributed by atoms with Crippen LogP contribution in [0.5, 0.6) is 0 Å². The summed E-state index contributed by atoms with van der Waals surface area (Å²) < 4.78 is 5.49. The van der Waals surface area contributed by atoms with Crippen LogP contribution in [0.3, 0.4) is 0 Å². The van der Waals surface area contributed by atoms with Crippen LogP contribution in [0.1, 0.15) is 35.7 Å². The minimum atomic E-state index is -1.20. The smallest absolute Gasteiger partial charge is 0.252 e. The van der Waals surface area contributed by atoms with Crippen molar-refractivity contribution in [3.63, 3.8) is 0 Å². The molecule has 0 radical (unpaired) electrons. The van der Waals surface area contributed by atoms with Crippen LogP contribution in [0.25, 0.3) is 0 Å². The maximum Gasteiger partial charge on any atom is 0.252 e. The molecule has 2 rings (SSSR count). The lowest BCUT2D eigenvalue weighted by Crippen LogP contribution is -2.42. The van der Waals surface area contributed by atoms with Crippen molar-refractivity contribution < 1.29 is 14.3 Å². The highest BCUT2D eigenvalue weighted by molar-refractivity contribution is 14.0. The molecule has 0 bridgehead atoms. The fraction of sp³-hybridized carbons (Fsp3) is 0.421. The fourth-order valence-electron chi connectivity index (χ4n) is 2.33. The first-order chi connectivity index (χ1) is 12.9. The third-order valence-corrected chi connectivity index (χ3v) is 3.79. The summed E-state index contributed by atoms with van der Waals surface area (Å²) in [5, 5.41) is 19.6. The molecular weight excluding hydrogens is 473 g/mol. The molecule has 0 fully saturated rings. The molecule has 1 unspecified atom stereocenters. The second-order valence-electron chi connectivity index (χ2n) is 6.30. The Balaban J connectivity index is 0.00000392. The Hall–Kier alpha value is -2.14. The number of aromatic nitrogens is 1. The Labute approximate surface area is 182 Å². The number of furan rings is 1. The Kier molecular flexibility index (Phi) is 9.94. The number of hydrogen-bond acceptors (Lipinski definition) is 5. The van der Waals surface area contributed by atoms with E-state index < -0.39 is 5.60 Å². The number of aryl methyl sites for hydroxylation is 1. The molecule has 0 saturated heterocycles. The van der Waals surface area contributed by atoms with Gasteiger partial charge in [-0.05, 0) is 45.0 Å². The van der Waals surface area contributed by atoms with Crippen LogP contribution in [-0.2, 0) is 5.60 Å². The van der Waals surface area contributed by atoms with Crippen LogP contribution >= 0.6 is 24.0 Å². The van der Waals surface area contributed by atoms with E-state index >= 15 is 0 Å². The summed E-state index contributed by atoms with van der Waals surface area (Å²) in [5.74, 6) is 1.59. The molecule has 0 aliphatic heterocycles. The number of halogens is 1. The predicted molar refractivity (Wildman–Crippen MR) is 119 cm³/mol. The first-order valence-electron chi connectivity index (χ1n) is 8.92. The molecule has 154 valence electrons. The number of nitrogens with zero attached hydrogens (tertiary/aromatic N) is 2. The van der Waals surface area contributed by atoms with Crippen molar-refractivity contribution in [2.75, 3.05) is 26.2 Å². The first-order valence-corrected chi connectivity index (χ1v) is 8.92. The van der Waals surface area contributed by atoms with Crippen LogP contribution in [-0.4, -0.2) is 48.1 Å². The van der Waals surface area contributed by atoms with Gasteiger partial charge >= 0.3 is 0 Å². The molecule has 4 N–H and O–H groups in total. The second kappa shape index (κ2) is 11.6. The highest BCUT2D eigenvalue weighted by Crippen LogP contribution is 2.22. The van der Waals surface area contributed by atoms with Crippen molar-refractivity contribution in [2.45, 2.75) is 26.4 Å². The van der Waals surface area contributed by atoms with Crippen molar-refractivity contribution in [1.82, 2.24) is 20.9 Å². The summed E-state index contributed by atoms with van der Waals surface area (Å²) >= 11 is 0. The van der Waals surface area contributed by atoms with Crippen LogP contribution in [0, 0.1) is 6.92 Å². The number of aliphatic hydroxyl groups is 1. The molecule has 0 saturated carbocycles. The maximum absolute atomic E-state index is 12.0. The van der Waals surface area contributed by atoms with Gasteiger partial charge in [0.15, 0.2) is 5.96 Å². The van der Waals surface area contributed by atoms with Gasteiger partial charge in [0, 0.05) is 32.0 Å². The number of amides is 1. The van der Waals surface area contributed by atoms with Gasteiger partial charge in [0.2, 0.25) is 0 Å². The summed E-state index contributed by atoms with van der Waals surface area (Å²) in [7, 11) is 0. The van der Waals surface area contributed by atoms with E-state index in [2.05, 4.69) is 25.9 Å². The highest BCUT2D eigenvalue weighted by Gasteiger charge is 2.26. The Morgan fingerprint density at radius 1 is 1.25 bits per heavy atom. The van der Waals surface area contributed by atoms with Crippen molar-refractivity contribution in [3.8, 4) is 0 Å². The highest BCUT2D eigenvalue weighted by atomic mass is 127. The van der Waals surface area contributed by atoms with Crippen molar-refractivity contribution in [2.24, 2.45) is 4.99 Å². The lowest BCUT2D eigenvalue weighted by molar-refractivity contribution is 0.0428. The minimum absolute atomic E-state index is 0. The molecule has 0 aliphatic rings. The van der Waals surface area contributed by atoms with Crippen LogP contribution < -0.4 is 16.0 Å². The van der Waals surface area contributed by atoms with E-state index in [9.17, 15) is 9.90 Å². The number of guanidine groups is 1. The van der Waals surface area contributed by atoms with Gasteiger partial charge in [-0.3, -0.25) is 9.78 Å². The normalized spacial score (nSPS) is 13.2. The van der Waals surface area contributed by atoms with Gasteiger partial charge in [-0.1, -0.05) is 0 Å². The van der Waals surface area contributed by atoms with Gasteiger partial charge < -0.3 is 25.5 Å². The molecule has 2 heterocycles. The Morgan fingerprint density at radius 2 is 2.00 bits per heavy atom. The molecule has 1 amide bonds. The average Bonchev–Trinajstić information content (AvgIpc) is 3.11. The molecule has 8 nitrogen and oxygen atoms in total. The number of rotatable bonds is 8. The third-order valence-electron chi connectivity index (χ3n) is 3.79. The largest absolute Gasteiger partial charge is 0.463 e. The van der Waals surface area contributed by atoms with Crippen molar-refractivity contribution >= 4 is 35.8 Å². The van der Waals surface area contributed by atoms with Gasteiger partial charge in [-0.2, -0.15) is 0 Å². The van der Waals surface area contributed by atoms with E-state index in [4.69, 9.17) is 4.42 Å². The van der Waals surface area contributed by atoms with Crippen LogP contribution in [0.15, 0.2) is 46.1 Å². The topological polar surface area (TPSA) is 112 Å². The van der Waals surface area contributed by atoms with Crippen molar-refractivity contribution in [1.29, 1.82) is 0 Å². The lowest BCUT2D eigenvalue weighted by Gasteiger charge is -2.19. The number of carbonyl (C=O) groups is 1. The molecule has 0 spiro atoms. The molecule has 28 heavy (non-hydrogen) atoms. The number of carbonyl (C=O) groups excluding carboxylic acids is 1. The summed E-state index contributed by atoms with van der Waals surface area (Å²) in [6, 6.07) is 6.98. The SMILES string of the molecule is CCNC(=NCC(C)(O)c1ccc(C)o1)NCCNC(=O)c1cccnc1.I. The maximum atomic E-state index is 12.0. The number of pyridine rings is 1. The van der Waals surface area contributed by atoms with Gasteiger partial charge in [-0.25, -0.2) is 4.99 Å². The number of nitrogens with one attached hydrogen (secondary N) is 3.